The van der Waals surface area contributed by atoms with Crippen LogP contribution in [-0.2, 0) is 28.5 Å². The minimum atomic E-state index is -1.59. The second-order valence-electron chi connectivity index (χ2n) is 19.0. The largest absolute Gasteiger partial charge is 0.462 e. The summed E-state index contributed by atoms with van der Waals surface area (Å²) in [5, 5.41) is 40.2. The van der Waals surface area contributed by atoms with E-state index in [1.807, 2.05) is 0 Å². The highest BCUT2D eigenvalue weighted by Crippen LogP contribution is 2.23. The van der Waals surface area contributed by atoms with Gasteiger partial charge in [-0.2, -0.15) is 0 Å². The Kier molecular flexibility index (Phi) is 42.7. The van der Waals surface area contributed by atoms with Crippen LogP contribution >= 0.6 is 0 Å². The van der Waals surface area contributed by atoms with Gasteiger partial charge in [-0.05, 0) is 38.5 Å². The molecule has 4 N–H and O–H groups in total. The van der Waals surface area contributed by atoms with Crippen LogP contribution in [0.2, 0.25) is 0 Å². The number of carbonyl (C=O) groups is 2. The maximum absolute atomic E-state index is 12.8. The Morgan fingerprint density at radius 3 is 1.22 bits per heavy atom. The molecule has 1 aliphatic rings. The predicted octanol–water partition coefficient (Wildman–Crippen LogP) is 13.1. The molecule has 0 amide bonds. The van der Waals surface area contributed by atoms with Gasteiger partial charge in [0.1, 0.15) is 31.0 Å². The molecule has 0 bridgehead atoms. The first kappa shape index (κ1) is 60.5. The number of aliphatic hydroxyl groups is 4. The zero-order valence-corrected chi connectivity index (χ0v) is 41.6. The van der Waals surface area contributed by atoms with Crippen LogP contribution in [0.25, 0.3) is 0 Å². The van der Waals surface area contributed by atoms with Crippen LogP contribution in [-0.4, -0.2) is 89.0 Å². The third-order valence-corrected chi connectivity index (χ3v) is 12.9. The first-order chi connectivity index (χ1) is 31.3. The highest BCUT2D eigenvalue weighted by molar-refractivity contribution is 5.70. The second kappa shape index (κ2) is 45.2. The smallest absolute Gasteiger partial charge is 0.306 e. The van der Waals surface area contributed by atoms with Gasteiger partial charge in [0.2, 0.25) is 0 Å². The Morgan fingerprint density at radius 1 is 0.469 bits per heavy atom. The average molecular weight is 911 g/mol. The van der Waals surface area contributed by atoms with Crippen LogP contribution in [0, 0.1) is 0 Å². The van der Waals surface area contributed by atoms with Crippen molar-refractivity contribution in [1.29, 1.82) is 0 Å². The molecule has 0 saturated carbocycles. The molecular weight excluding hydrogens is 809 g/mol. The fourth-order valence-corrected chi connectivity index (χ4v) is 8.60. The summed E-state index contributed by atoms with van der Waals surface area (Å²) in [6.07, 6.45) is 43.6. The van der Waals surface area contributed by atoms with Gasteiger partial charge in [-0.15, -0.1) is 0 Å². The van der Waals surface area contributed by atoms with E-state index in [-0.39, 0.29) is 32.0 Å². The van der Waals surface area contributed by atoms with Crippen molar-refractivity contribution < 1.29 is 49.0 Å². The summed E-state index contributed by atoms with van der Waals surface area (Å²) < 4.78 is 22.3. The zero-order chi connectivity index (χ0) is 46.6. The Labute approximate surface area is 392 Å². The molecule has 6 atom stereocenters. The number of allylic oxidation sites excluding steroid dienone is 2. The fraction of sp³-hybridized carbons (Fsp3) is 0.926. The van der Waals surface area contributed by atoms with Crippen LogP contribution in [0.15, 0.2) is 12.2 Å². The van der Waals surface area contributed by atoms with E-state index in [0.717, 1.165) is 38.5 Å². The van der Waals surface area contributed by atoms with Gasteiger partial charge in [-0.1, -0.05) is 225 Å². The van der Waals surface area contributed by atoms with Crippen molar-refractivity contribution in [3.63, 3.8) is 0 Å². The standard InChI is InChI=1S/C54H102O10/c1-3-5-7-9-11-13-15-17-19-21-23-25-26-28-30-32-34-36-38-40-42-49(56)61-45-47(46-62-54-53(60)52(59)51(58)48(44-55)64-54)63-50(57)43-41-39-37-35-33-31-29-27-24-22-20-18-16-14-12-10-8-6-4-2/h18,20,47-48,51-55,58-60H,3-17,19,21-46H2,1-2H3/b20-18+/t47-,48-,51+,52?,53?,54-/m0/s1. The van der Waals surface area contributed by atoms with Gasteiger partial charge in [-0.25, -0.2) is 0 Å². The lowest BCUT2D eigenvalue weighted by Crippen LogP contribution is -2.59. The van der Waals surface area contributed by atoms with E-state index in [4.69, 9.17) is 18.9 Å². The molecule has 0 aromatic carbocycles. The van der Waals surface area contributed by atoms with Crippen LogP contribution < -0.4 is 0 Å². The van der Waals surface area contributed by atoms with Crippen molar-refractivity contribution in [3.05, 3.63) is 12.2 Å². The van der Waals surface area contributed by atoms with Gasteiger partial charge in [0, 0.05) is 12.8 Å². The summed E-state index contributed by atoms with van der Waals surface area (Å²) in [6.45, 7) is 3.47. The minimum Gasteiger partial charge on any atom is -0.462 e. The summed E-state index contributed by atoms with van der Waals surface area (Å²) >= 11 is 0. The molecule has 10 heteroatoms. The zero-order valence-electron chi connectivity index (χ0n) is 41.6. The number of rotatable bonds is 47. The number of carbonyl (C=O) groups excluding carboxylic acids is 2. The second-order valence-corrected chi connectivity index (χ2v) is 19.0. The lowest BCUT2D eigenvalue weighted by molar-refractivity contribution is -0.305. The quantitative estimate of drug-likeness (QED) is 0.0264. The monoisotopic (exact) mass is 911 g/mol. The van der Waals surface area contributed by atoms with Crippen LogP contribution in [0.3, 0.4) is 0 Å². The third kappa shape index (κ3) is 35.6. The molecule has 378 valence electrons. The number of esters is 2. The molecule has 1 aliphatic heterocycles. The Hall–Kier alpha value is -1.56. The molecule has 1 rings (SSSR count). The van der Waals surface area contributed by atoms with Gasteiger partial charge in [0.25, 0.3) is 0 Å². The van der Waals surface area contributed by atoms with E-state index in [9.17, 15) is 30.0 Å². The Balaban J connectivity index is 2.22. The van der Waals surface area contributed by atoms with Gasteiger partial charge in [-0.3, -0.25) is 9.59 Å². The maximum Gasteiger partial charge on any atom is 0.306 e. The number of hydrogen-bond acceptors (Lipinski definition) is 10. The van der Waals surface area contributed by atoms with Crippen molar-refractivity contribution in [2.75, 3.05) is 19.8 Å². The van der Waals surface area contributed by atoms with Crippen molar-refractivity contribution in [3.8, 4) is 0 Å². The molecule has 0 aromatic heterocycles. The topological polar surface area (TPSA) is 152 Å². The number of unbranched alkanes of at least 4 members (excludes halogenated alkanes) is 34. The summed E-state index contributed by atoms with van der Waals surface area (Å²) in [5.74, 6) is -0.791. The molecule has 0 radical (unpaired) electrons. The molecule has 10 nitrogen and oxygen atoms in total. The minimum absolute atomic E-state index is 0.212. The predicted molar refractivity (Wildman–Crippen MR) is 261 cm³/mol. The van der Waals surface area contributed by atoms with E-state index in [2.05, 4.69) is 26.0 Å². The van der Waals surface area contributed by atoms with Gasteiger partial charge in [0.05, 0.1) is 13.2 Å². The van der Waals surface area contributed by atoms with E-state index >= 15 is 0 Å². The van der Waals surface area contributed by atoms with E-state index in [1.54, 1.807) is 0 Å². The first-order valence-electron chi connectivity index (χ1n) is 27.3. The summed E-state index contributed by atoms with van der Waals surface area (Å²) in [5.41, 5.74) is 0. The van der Waals surface area contributed by atoms with Gasteiger partial charge < -0.3 is 39.4 Å². The normalized spacial score (nSPS) is 19.4. The van der Waals surface area contributed by atoms with E-state index in [1.165, 1.54) is 193 Å². The first-order valence-corrected chi connectivity index (χ1v) is 27.3. The number of ether oxygens (including phenoxy) is 4. The maximum atomic E-state index is 12.8. The molecule has 64 heavy (non-hydrogen) atoms. The highest BCUT2D eigenvalue weighted by atomic mass is 16.7. The summed E-state index contributed by atoms with van der Waals surface area (Å²) in [6, 6.07) is 0. The van der Waals surface area contributed by atoms with Crippen molar-refractivity contribution in [2.45, 2.75) is 301 Å². The SMILES string of the molecule is CCCCCCCC/C=C/CCCCCCCCCCCC(=O)O[C@@H](COC(=O)CCCCCCCCCCCCCCCCCCCCCC)CO[C@H]1O[C@@H](CO)[C@@H](O)C(O)C1O. The van der Waals surface area contributed by atoms with Gasteiger partial charge >= 0.3 is 11.9 Å². The van der Waals surface area contributed by atoms with Crippen LogP contribution in [0.5, 0.6) is 0 Å². The molecule has 1 heterocycles. The Morgan fingerprint density at radius 2 is 0.828 bits per heavy atom. The summed E-state index contributed by atoms with van der Waals surface area (Å²) in [7, 11) is 0. The lowest BCUT2D eigenvalue weighted by atomic mass is 9.99. The van der Waals surface area contributed by atoms with Gasteiger partial charge in [0.15, 0.2) is 12.4 Å². The summed E-state index contributed by atoms with van der Waals surface area (Å²) in [4.78, 5) is 25.5. The van der Waals surface area contributed by atoms with Crippen molar-refractivity contribution in [1.82, 2.24) is 0 Å². The fourth-order valence-electron chi connectivity index (χ4n) is 8.60. The Bertz CT molecular complexity index is 1050. The molecule has 0 aliphatic carbocycles. The van der Waals surface area contributed by atoms with E-state index < -0.39 is 49.4 Å². The van der Waals surface area contributed by atoms with Crippen LogP contribution in [0.1, 0.15) is 264 Å². The van der Waals surface area contributed by atoms with Crippen molar-refractivity contribution >= 4 is 11.9 Å². The molecule has 2 unspecified atom stereocenters. The lowest BCUT2D eigenvalue weighted by Gasteiger charge is -2.39. The van der Waals surface area contributed by atoms with E-state index in [0.29, 0.717) is 6.42 Å². The number of aliphatic hydroxyl groups excluding tert-OH is 4. The van der Waals surface area contributed by atoms with Crippen LogP contribution in [0.4, 0.5) is 0 Å². The van der Waals surface area contributed by atoms with Crippen molar-refractivity contribution in [2.24, 2.45) is 0 Å². The molecule has 0 aromatic rings. The third-order valence-electron chi connectivity index (χ3n) is 12.9. The highest BCUT2D eigenvalue weighted by Gasteiger charge is 2.44. The molecule has 0 spiro atoms. The average Bonchev–Trinajstić information content (AvgIpc) is 3.29. The number of hydrogen-bond donors (Lipinski definition) is 4. The molecule has 1 fully saturated rings. The molecule has 1 saturated heterocycles. The molecular formula is C54H102O10.